The Kier molecular flexibility index (Phi) is 4.66. The van der Waals surface area contributed by atoms with Crippen molar-refractivity contribution in [3.05, 3.63) is 62.3 Å². The number of nitrogens with zero attached hydrogens (tertiary/aromatic N) is 1. The van der Waals surface area contributed by atoms with E-state index in [9.17, 15) is 14.9 Å². The summed E-state index contributed by atoms with van der Waals surface area (Å²) >= 11 is 1.41. The van der Waals surface area contributed by atoms with Gasteiger partial charge in [0.1, 0.15) is 6.04 Å². The molecule has 110 valence electrons. The number of amides is 1. The van der Waals surface area contributed by atoms with E-state index in [1.165, 1.54) is 23.5 Å². The minimum Gasteiger partial charge on any atom is -0.348 e. The Morgan fingerprint density at radius 1 is 1.38 bits per heavy atom. The van der Waals surface area contributed by atoms with E-state index in [1.807, 2.05) is 11.4 Å². The molecule has 1 aromatic carbocycles. The number of hydrogen-bond donors (Lipinski definition) is 2. The van der Waals surface area contributed by atoms with Crippen molar-refractivity contribution in [2.75, 3.05) is 0 Å². The van der Waals surface area contributed by atoms with Gasteiger partial charge in [0.2, 0.25) is 5.91 Å². The van der Waals surface area contributed by atoms with Crippen molar-refractivity contribution in [3.8, 4) is 0 Å². The largest absolute Gasteiger partial charge is 0.348 e. The SMILES string of the molecule is CC(NC(=O)C(N)c1cccs1)c1cccc([N+](=O)[O-])c1. The minimum absolute atomic E-state index is 0.00356. The first kappa shape index (κ1) is 15.1. The Hall–Kier alpha value is -2.25. The molecule has 2 rings (SSSR count). The molecule has 2 atom stereocenters. The second-order valence-electron chi connectivity index (χ2n) is 4.58. The molecule has 21 heavy (non-hydrogen) atoms. The molecule has 1 aromatic heterocycles. The van der Waals surface area contributed by atoms with Gasteiger partial charge in [-0.1, -0.05) is 18.2 Å². The molecular formula is C14H15N3O3S. The maximum absolute atomic E-state index is 12.1. The summed E-state index contributed by atoms with van der Waals surface area (Å²) in [6, 6.07) is 8.72. The van der Waals surface area contributed by atoms with Crippen molar-refractivity contribution in [2.45, 2.75) is 19.0 Å². The molecule has 0 aliphatic heterocycles. The van der Waals surface area contributed by atoms with Gasteiger partial charge in [-0.25, -0.2) is 0 Å². The van der Waals surface area contributed by atoms with Crippen LogP contribution in [0.2, 0.25) is 0 Å². The minimum atomic E-state index is -0.730. The van der Waals surface area contributed by atoms with E-state index in [0.29, 0.717) is 5.56 Å². The van der Waals surface area contributed by atoms with Crippen molar-refractivity contribution in [1.82, 2.24) is 5.32 Å². The van der Waals surface area contributed by atoms with Gasteiger partial charge < -0.3 is 11.1 Å². The fourth-order valence-electron chi connectivity index (χ4n) is 1.89. The third-order valence-electron chi connectivity index (χ3n) is 3.07. The first-order valence-electron chi connectivity index (χ1n) is 6.32. The summed E-state index contributed by atoms with van der Waals surface area (Å²) in [5.74, 6) is -0.309. The first-order chi connectivity index (χ1) is 9.99. The summed E-state index contributed by atoms with van der Waals surface area (Å²) in [7, 11) is 0. The van der Waals surface area contributed by atoms with Gasteiger partial charge in [-0.05, 0) is 23.9 Å². The van der Waals surface area contributed by atoms with Crippen LogP contribution in [-0.2, 0) is 4.79 Å². The Balaban J connectivity index is 2.07. The number of rotatable bonds is 5. The molecule has 7 heteroatoms. The number of nitrogens with two attached hydrogens (primary N) is 1. The highest BCUT2D eigenvalue weighted by Gasteiger charge is 2.20. The van der Waals surface area contributed by atoms with Crippen molar-refractivity contribution in [1.29, 1.82) is 0 Å². The Morgan fingerprint density at radius 2 is 2.14 bits per heavy atom. The number of benzene rings is 1. The quantitative estimate of drug-likeness (QED) is 0.655. The first-order valence-corrected chi connectivity index (χ1v) is 7.20. The molecule has 2 unspecified atom stereocenters. The molecule has 2 aromatic rings. The molecule has 0 spiro atoms. The fraction of sp³-hybridized carbons (Fsp3) is 0.214. The summed E-state index contributed by atoms with van der Waals surface area (Å²) in [6.45, 7) is 1.76. The van der Waals surface area contributed by atoms with Gasteiger partial charge >= 0.3 is 0 Å². The van der Waals surface area contributed by atoms with Crippen LogP contribution in [0.15, 0.2) is 41.8 Å². The van der Waals surface area contributed by atoms with Crippen LogP contribution < -0.4 is 11.1 Å². The predicted molar refractivity (Wildman–Crippen MR) is 80.9 cm³/mol. The van der Waals surface area contributed by atoms with Gasteiger partial charge in [-0.3, -0.25) is 14.9 Å². The number of hydrogen-bond acceptors (Lipinski definition) is 5. The predicted octanol–water partition coefficient (Wildman–Crippen LogP) is 2.53. The van der Waals surface area contributed by atoms with Crippen LogP contribution >= 0.6 is 11.3 Å². The molecule has 0 aliphatic rings. The fourth-order valence-corrected chi connectivity index (χ4v) is 2.62. The molecule has 1 amide bonds. The van der Waals surface area contributed by atoms with Gasteiger partial charge in [0.15, 0.2) is 0 Å². The second kappa shape index (κ2) is 6.47. The average molecular weight is 305 g/mol. The number of carbonyl (C=O) groups excluding carboxylic acids is 1. The summed E-state index contributed by atoms with van der Waals surface area (Å²) in [5.41, 5.74) is 6.54. The van der Waals surface area contributed by atoms with Crippen LogP contribution in [0.1, 0.15) is 29.4 Å². The molecule has 0 aliphatic carbocycles. The van der Waals surface area contributed by atoms with Crippen molar-refractivity contribution in [3.63, 3.8) is 0 Å². The van der Waals surface area contributed by atoms with E-state index in [4.69, 9.17) is 5.73 Å². The maximum atomic E-state index is 12.1. The Bertz CT molecular complexity index is 643. The Morgan fingerprint density at radius 3 is 2.76 bits per heavy atom. The van der Waals surface area contributed by atoms with Crippen molar-refractivity contribution in [2.24, 2.45) is 5.73 Å². The number of nitrogens with one attached hydrogen (secondary N) is 1. The lowest BCUT2D eigenvalue weighted by Gasteiger charge is -2.17. The number of nitro benzene ring substituents is 1. The maximum Gasteiger partial charge on any atom is 0.269 e. The lowest BCUT2D eigenvalue weighted by molar-refractivity contribution is -0.384. The third kappa shape index (κ3) is 3.65. The van der Waals surface area contributed by atoms with Crippen LogP contribution in [0, 0.1) is 10.1 Å². The van der Waals surface area contributed by atoms with Gasteiger partial charge in [0.05, 0.1) is 11.0 Å². The lowest BCUT2D eigenvalue weighted by Crippen LogP contribution is -2.35. The third-order valence-corrected chi connectivity index (χ3v) is 4.03. The monoisotopic (exact) mass is 305 g/mol. The highest BCUT2D eigenvalue weighted by atomic mass is 32.1. The Labute approximate surface area is 125 Å². The molecule has 0 radical (unpaired) electrons. The molecule has 6 nitrogen and oxygen atoms in total. The second-order valence-corrected chi connectivity index (χ2v) is 5.55. The van der Waals surface area contributed by atoms with Crippen LogP contribution in [0.4, 0.5) is 5.69 Å². The molecule has 0 saturated carbocycles. The van der Waals surface area contributed by atoms with Crippen LogP contribution in [-0.4, -0.2) is 10.8 Å². The van der Waals surface area contributed by atoms with Gasteiger partial charge in [0, 0.05) is 17.0 Å². The summed E-state index contributed by atoms with van der Waals surface area (Å²) in [4.78, 5) is 23.2. The average Bonchev–Trinajstić information content (AvgIpc) is 3.00. The standard InChI is InChI=1S/C14H15N3O3S/c1-9(10-4-2-5-11(8-10)17(19)20)16-14(18)13(15)12-6-3-7-21-12/h2-9,13H,15H2,1H3,(H,16,18). The molecule has 0 bridgehead atoms. The number of nitro groups is 1. The zero-order chi connectivity index (χ0) is 15.4. The summed E-state index contributed by atoms with van der Waals surface area (Å²) < 4.78 is 0. The van der Waals surface area contributed by atoms with Crippen molar-refractivity contribution < 1.29 is 9.72 Å². The number of thiophene rings is 1. The smallest absolute Gasteiger partial charge is 0.269 e. The molecular weight excluding hydrogens is 290 g/mol. The van der Waals surface area contributed by atoms with E-state index < -0.39 is 11.0 Å². The zero-order valence-corrected chi connectivity index (χ0v) is 12.2. The molecule has 0 fully saturated rings. The van der Waals surface area contributed by atoms with Gasteiger partial charge in [-0.15, -0.1) is 11.3 Å². The zero-order valence-electron chi connectivity index (χ0n) is 11.4. The summed E-state index contributed by atoms with van der Waals surface area (Å²) in [5, 5.41) is 15.4. The molecule has 0 saturated heterocycles. The van der Waals surface area contributed by atoms with Gasteiger partial charge in [-0.2, -0.15) is 0 Å². The summed E-state index contributed by atoms with van der Waals surface area (Å²) in [6.07, 6.45) is 0. The normalized spacial score (nSPS) is 13.4. The van der Waals surface area contributed by atoms with E-state index in [0.717, 1.165) is 4.88 Å². The van der Waals surface area contributed by atoms with E-state index in [2.05, 4.69) is 5.32 Å². The topological polar surface area (TPSA) is 98.3 Å². The molecule has 1 heterocycles. The van der Waals surface area contributed by atoms with Crippen LogP contribution in [0.5, 0.6) is 0 Å². The van der Waals surface area contributed by atoms with E-state index in [-0.39, 0.29) is 17.6 Å². The highest BCUT2D eigenvalue weighted by Crippen LogP contribution is 2.21. The number of carbonyl (C=O) groups is 1. The van der Waals surface area contributed by atoms with Crippen molar-refractivity contribution >= 4 is 22.9 Å². The lowest BCUT2D eigenvalue weighted by atomic mass is 10.1. The number of non-ortho nitro benzene ring substituents is 1. The highest BCUT2D eigenvalue weighted by molar-refractivity contribution is 7.10. The van der Waals surface area contributed by atoms with Gasteiger partial charge in [0.25, 0.3) is 5.69 Å². The van der Waals surface area contributed by atoms with E-state index >= 15 is 0 Å². The van der Waals surface area contributed by atoms with Crippen LogP contribution in [0.25, 0.3) is 0 Å². The van der Waals surface area contributed by atoms with Crippen LogP contribution in [0.3, 0.4) is 0 Å². The van der Waals surface area contributed by atoms with E-state index in [1.54, 1.807) is 25.1 Å². The molecule has 3 N–H and O–H groups in total.